The van der Waals surface area contributed by atoms with Crippen molar-refractivity contribution in [1.82, 2.24) is 0 Å². The summed E-state index contributed by atoms with van der Waals surface area (Å²) >= 11 is 0. The molecule has 10 atom stereocenters. The molecular formula is C35H37F2NO7. The van der Waals surface area contributed by atoms with Crippen LogP contribution in [0, 0.1) is 22.7 Å². The fourth-order valence-corrected chi connectivity index (χ4v) is 9.51. The minimum Gasteiger partial charge on any atom is -0.508 e. The molecular weight excluding hydrogens is 584 g/mol. The second-order valence-corrected chi connectivity index (χ2v) is 13.8. The minimum absolute atomic E-state index is 0.00609. The fourth-order valence-electron chi connectivity index (χ4n) is 9.51. The molecule has 0 aromatic heterocycles. The van der Waals surface area contributed by atoms with E-state index in [2.05, 4.69) is 0 Å². The number of benzene rings is 2. The van der Waals surface area contributed by atoms with E-state index in [0.29, 0.717) is 23.2 Å². The lowest BCUT2D eigenvalue weighted by molar-refractivity contribution is -0.235. The lowest BCUT2D eigenvalue weighted by Crippen LogP contribution is -2.70. The van der Waals surface area contributed by atoms with Gasteiger partial charge in [0, 0.05) is 34.4 Å². The largest absolute Gasteiger partial charge is 0.508 e. The SMILES string of the molecule is C[C@]12C=CC(=O)C=C1[C@@H](F)C[C@H]1C3C[C@H]4O[C@@H](c5ccc(Cc6cccc(N)c6)c(O)c5)O[C@@]4(C(=O)CO)[C@@]3(C)C[C@H](O)[C@@]12F. The summed E-state index contributed by atoms with van der Waals surface area (Å²) in [5, 5.41) is 32.7. The molecule has 3 saturated carbocycles. The van der Waals surface area contributed by atoms with Crippen molar-refractivity contribution in [3.8, 4) is 5.75 Å². The van der Waals surface area contributed by atoms with Crippen LogP contribution in [0.4, 0.5) is 14.5 Å². The Bertz CT molecular complexity index is 1660. The molecule has 4 aliphatic carbocycles. The average Bonchev–Trinajstić information content (AvgIpc) is 3.50. The Kier molecular flexibility index (Phi) is 6.74. The highest BCUT2D eigenvalue weighted by atomic mass is 19.1. The zero-order chi connectivity index (χ0) is 32.1. The van der Waals surface area contributed by atoms with Gasteiger partial charge in [0.1, 0.15) is 18.5 Å². The van der Waals surface area contributed by atoms with Gasteiger partial charge in [0.05, 0.1) is 12.2 Å². The van der Waals surface area contributed by atoms with Crippen molar-refractivity contribution in [3.05, 3.63) is 83.0 Å². The number of aliphatic hydroxyl groups is 2. The number of allylic oxidation sites excluding steroid dienone is 4. The second-order valence-electron chi connectivity index (χ2n) is 13.8. The molecule has 5 aliphatic rings. The molecule has 1 heterocycles. The van der Waals surface area contributed by atoms with E-state index in [9.17, 15) is 24.9 Å². The van der Waals surface area contributed by atoms with Gasteiger partial charge in [-0.05, 0) is 79.2 Å². The van der Waals surface area contributed by atoms with Crippen molar-refractivity contribution in [2.75, 3.05) is 12.3 Å². The number of carbonyl (C=O) groups excluding carboxylic acids is 2. The average molecular weight is 622 g/mol. The van der Waals surface area contributed by atoms with Crippen molar-refractivity contribution in [3.63, 3.8) is 0 Å². The normalized spacial score (nSPS) is 41.6. The number of alkyl halides is 2. The van der Waals surface area contributed by atoms with Gasteiger partial charge in [0.25, 0.3) is 0 Å². The summed E-state index contributed by atoms with van der Waals surface area (Å²) in [7, 11) is 0. The van der Waals surface area contributed by atoms with Crippen LogP contribution in [0.1, 0.15) is 56.1 Å². The van der Waals surface area contributed by atoms with E-state index < -0.39 is 76.8 Å². The first kappa shape index (κ1) is 30.2. The van der Waals surface area contributed by atoms with Crippen LogP contribution in [0.25, 0.3) is 0 Å². The minimum atomic E-state index is -2.32. The number of phenolic OH excluding ortho intramolecular Hbond substituents is 1. The maximum atomic E-state index is 17.6. The van der Waals surface area contributed by atoms with Crippen LogP contribution in [0.3, 0.4) is 0 Å². The third-order valence-corrected chi connectivity index (χ3v) is 11.7. The molecule has 45 heavy (non-hydrogen) atoms. The highest BCUT2D eigenvalue weighted by Gasteiger charge is 2.80. The van der Waals surface area contributed by atoms with Gasteiger partial charge in [-0.3, -0.25) is 9.59 Å². The van der Waals surface area contributed by atoms with Gasteiger partial charge in [0.15, 0.2) is 29.1 Å². The molecule has 5 N–H and O–H groups in total. The number of ether oxygens (including phenoxy) is 2. The first-order valence-electron chi connectivity index (χ1n) is 15.4. The van der Waals surface area contributed by atoms with Gasteiger partial charge < -0.3 is 30.5 Å². The predicted octanol–water partition coefficient (Wildman–Crippen LogP) is 4.21. The van der Waals surface area contributed by atoms with E-state index in [4.69, 9.17) is 15.2 Å². The van der Waals surface area contributed by atoms with Crippen LogP contribution in [0.2, 0.25) is 0 Å². The number of halogens is 2. The molecule has 2 aromatic carbocycles. The van der Waals surface area contributed by atoms with Crippen LogP contribution >= 0.6 is 0 Å². The monoisotopic (exact) mass is 621 g/mol. The number of anilines is 1. The van der Waals surface area contributed by atoms with Gasteiger partial charge in [-0.2, -0.15) is 0 Å². The number of nitrogens with two attached hydrogens (primary N) is 1. The zero-order valence-electron chi connectivity index (χ0n) is 25.1. The molecule has 0 amide bonds. The molecule has 1 saturated heterocycles. The third kappa shape index (κ3) is 3.95. The number of hydrogen-bond acceptors (Lipinski definition) is 8. The van der Waals surface area contributed by atoms with Gasteiger partial charge in [-0.15, -0.1) is 0 Å². The number of carbonyl (C=O) groups is 2. The summed E-state index contributed by atoms with van der Waals surface area (Å²) in [5.74, 6) is -2.78. The lowest BCUT2D eigenvalue weighted by Gasteiger charge is -2.63. The third-order valence-electron chi connectivity index (χ3n) is 11.7. The molecule has 0 spiro atoms. The number of hydrogen-bond donors (Lipinski definition) is 4. The molecule has 0 radical (unpaired) electrons. The molecule has 2 aromatic rings. The molecule has 0 bridgehead atoms. The Hall–Kier alpha value is -3.44. The summed E-state index contributed by atoms with van der Waals surface area (Å²) in [6.07, 6.45) is -1.49. The molecule has 7 rings (SSSR count). The summed E-state index contributed by atoms with van der Waals surface area (Å²) in [4.78, 5) is 25.8. The topological polar surface area (TPSA) is 139 Å². The van der Waals surface area contributed by atoms with E-state index >= 15 is 8.78 Å². The Balaban J connectivity index is 1.23. The van der Waals surface area contributed by atoms with E-state index in [1.807, 2.05) is 18.2 Å². The van der Waals surface area contributed by atoms with Crippen LogP contribution in [0.15, 0.2) is 66.3 Å². The maximum absolute atomic E-state index is 17.6. The number of nitrogen functional groups attached to an aromatic ring is 1. The Labute approximate surface area is 259 Å². The van der Waals surface area contributed by atoms with E-state index in [1.165, 1.54) is 25.1 Å². The van der Waals surface area contributed by atoms with Crippen LogP contribution < -0.4 is 5.73 Å². The summed E-state index contributed by atoms with van der Waals surface area (Å²) in [5.41, 5.74) is 1.65. The smallest absolute Gasteiger partial charge is 0.193 e. The van der Waals surface area contributed by atoms with E-state index in [0.717, 1.165) is 11.6 Å². The van der Waals surface area contributed by atoms with Crippen molar-refractivity contribution < 1.29 is 43.2 Å². The van der Waals surface area contributed by atoms with Crippen LogP contribution in [-0.2, 0) is 25.5 Å². The summed E-state index contributed by atoms with van der Waals surface area (Å²) in [6, 6.07) is 12.3. The Morgan fingerprint density at radius 3 is 2.62 bits per heavy atom. The quantitative estimate of drug-likeness (QED) is 0.365. The molecule has 1 aliphatic heterocycles. The van der Waals surface area contributed by atoms with Crippen molar-refractivity contribution in [1.29, 1.82) is 0 Å². The first-order valence-corrected chi connectivity index (χ1v) is 15.4. The number of Topliss-reactive ketones (excluding diaryl/α,β-unsaturated/α-hetero) is 1. The van der Waals surface area contributed by atoms with Crippen LogP contribution in [0.5, 0.6) is 5.75 Å². The molecule has 8 nitrogen and oxygen atoms in total. The first-order chi connectivity index (χ1) is 21.3. The molecule has 238 valence electrons. The predicted molar refractivity (Wildman–Crippen MR) is 159 cm³/mol. The number of ketones is 2. The lowest BCUT2D eigenvalue weighted by atomic mass is 9.44. The summed E-state index contributed by atoms with van der Waals surface area (Å²) < 4.78 is 46.2. The molecule has 1 unspecified atom stereocenters. The number of rotatable bonds is 5. The Morgan fingerprint density at radius 2 is 1.91 bits per heavy atom. The molecule has 10 heteroatoms. The van der Waals surface area contributed by atoms with Crippen molar-refractivity contribution in [2.24, 2.45) is 22.7 Å². The van der Waals surface area contributed by atoms with Gasteiger partial charge in [-0.1, -0.05) is 37.3 Å². The van der Waals surface area contributed by atoms with Crippen molar-refractivity contribution >= 4 is 17.3 Å². The standard InChI is InChI=1S/C35H37F2NO7/c1-32-9-8-22(40)13-25(32)26(36)14-24-23-15-30-35(29(43)17-39,33(23,2)16-28(42)34(24,32)37)45-31(44-30)20-7-6-19(27(41)12-20)10-18-4-3-5-21(38)11-18/h3-9,11-13,23-24,26,28,30-31,39,41-42H,10,14-17,38H2,1-2H3/t23?,24-,26-,28-,30+,31+,32-,33-,34-,35+/m0/s1. The Morgan fingerprint density at radius 1 is 1.13 bits per heavy atom. The number of aliphatic hydroxyl groups excluding tert-OH is 2. The molecule has 4 fully saturated rings. The number of phenols is 1. The highest BCUT2D eigenvalue weighted by Crippen LogP contribution is 2.72. The van der Waals surface area contributed by atoms with Crippen molar-refractivity contribution in [2.45, 2.75) is 75.5 Å². The fraction of sp³-hybridized carbons (Fsp3) is 0.486. The second kappa shape index (κ2) is 10.0. The highest BCUT2D eigenvalue weighted by molar-refractivity contribution is 6.01. The zero-order valence-corrected chi connectivity index (χ0v) is 25.1. The number of aromatic hydroxyl groups is 1. The van der Waals surface area contributed by atoms with Gasteiger partial charge >= 0.3 is 0 Å². The summed E-state index contributed by atoms with van der Waals surface area (Å²) in [6.45, 7) is 2.37. The van der Waals surface area contributed by atoms with Gasteiger partial charge in [-0.25, -0.2) is 8.78 Å². The maximum Gasteiger partial charge on any atom is 0.193 e. The van der Waals surface area contributed by atoms with Gasteiger partial charge in [0.2, 0.25) is 0 Å². The number of fused-ring (bicyclic) bond motifs is 7. The van der Waals surface area contributed by atoms with E-state index in [-0.39, 0.29) is 30.6 Å². The van der Waals surface area contributed by atoms with E-state index in [1.54, 1.807) is 25.1 Å². The van der Waals surface area contributed by atoms with Crippen LogP contribution in [-0.4, -0.2) is 63.1 Å².